The molecular weight excluding hydrogens is 339 g/mol. The van der Waals surface area contributed by atoms with Gasteiger partial charge in [0, 0.05) is 5.02 Å². The number of carbonyl (C=O) groups excluding carboxylic acids is 2. The lowest BCUT2D eigenvalue weighted by atomic mass is 9.88. The third-order valence-corrected chi connectivity index (χ3v) is 3.57. The van der Waals surface area contributed by atoms with Crippen molar-refractivity contribution in [3.8, 4) is 5.75 Å². The fourth-order valence-electron chi connectivity index (χ4n) is 1.94. The van der Waals surface area contributed by atoms with Crippen LogP contribution >= 0.6 is 23.2 Å². The number of benzene rings is 1. The number of ether oxygens (including phenoxy) is 1. The molecule has 1 unspecified atom stereocenters. The van der Waals surface area contributed by atoms with Crippen molar-refractivity contribution >= 4 is 35.0 Å². The summed E-state index contributed by atoms with van der Waals surface area (Å²) in [7, 11) is 0. The summed E-state index contributed by atoms with van der Waals surface area (Å²) in [5, 5.41) is 3.39. The topological polar surface area (TPSA) is 81.4 Å². The molecule has 1 aromatic carbocycles. The van der Waals surface area contributed by atoms with Gasteiger partial charge < -0.3 is 15.8 Å². The van der Waals surface area contributed by atoms with E-state index in [1.165, 1.54) is 6.07 Å². The van der Waals surface area contributed by atoms with Gasteiger partial charge in [-0.2, -0.15) is 0 Å². The second-order valence-corrected chi connectivity index (χ2v) is 7.41. The third kappa shape index (κ3) is 6.67. The summed E-state index contributed by atoms with van der Waals surface area (Å²) in [6.07, 6.45) is -0.404. The molecular formula is C16H22Cl2N2O3. The van der Waals surface area contributed by atoms with Crippen LogP contribution < -0.4 is 15.8 Å². The molecule has 0 radical (unpaired) electrons. The zero-order chi connectivity index (χ0) is 17.8. The van der Waals surface area contributed by atoms with Gasteiger partial charge in [-0.3, -0.25) is 9.59 Å². The highest BCUT2D eigenvalue weighted by atomic mass is 35.5. The lowest BCUT2D eigenvalue weighted by Crippen LogP contribution is -2.50. The first kappa shape index (κ1) is 19.6. The van der Waals surface area contributed by atoms with Crippen molar-refractivity contribution in [2.24, 2.45) is 11.1 Å². The molecule has 0 heterocycles. The quantitative estimate of drug-likeness (QED) is 0.817. The van der Waals surface area contributed by atoms with Crippen molar-refractivity contribution < 1.29 is 14.3 Å². The summed E-state index contributed by atoms with van der Waals surface area (Å²) in [6, 6.07) is 3.96. The Balaban J connectivity index is 2.73. The predicted octanol–water partition coefficient (Wildman–Crippen LogP) is 3.17. The van der Waals surface area contributed by atoms with E-state index in [9.17, 15) is 9.59 Å². The molecule has 0 aliphatic rings. The molecule has 0 bridgehead atoms. The maximum absolute atomic E-state index is 12.2. The fourth-order valence-corrected chi connectivity index (χ4v) is 2.39. The molecule has 2 amide bonds. The van der Waals surface area contributed by atoms with Crippen LogP contribution in [-0.4, -0.2) is 24.0 Å². The number of nitrogens with two attached hydrogens (primary N) is 1. The highest BCUT2D eigenvalue weighted by Gasteiger charge is 2.27. The van der Waals surface area contributed by atoms with Gasteiger partial charge in [0.1, 0.15) is 11.8 Å². The number of primary amides is 1. The van der Waals surface area contributed by atoms with E-state index in [-0.39, 0.29) is 5.41 Å². The van der Waals surface area contributed by atoms with Crippen molar-refractivity contribution in [1.29, 1.82) is 0 Å². The van der Waals surface area contributed by atoms with E-state index < -0.39 is 24.0 Å². The Hall–Kier alpha value is -1.46. The van der Waals surface area contributed by atoms with Crippen molar-refractivity contribution in [2.75, 3.05) is 0 Å². The van der Waals surface area contributed by atoms with Gasteiger partial charge in [-0.25, -0.2) is 0 Å². The van der Waals surface area contributed by atoms with Crippen LogP contribution in [0.5, 0.6) is 5.75 Å². The van der Waals surface area contributed by atoms with Crippen LogP contribution in [-0.2, 0) is 9.59 Å². The molecule has 1 aromatic rings. The van der Waals surface area contributed by atoms with E-state index in [2.05, 4.69) is 5.32 Å². The fraction of sp³-hybridized carbons (Fsp3) is 0.500. The normalized spacial score (nSPS) is 14.0. The van der Waals surface area contributed by atoms with Gasteiger partial charge in [0.2, 0.25) is 5.91 Å². The van der Waals surface area contributed by atoms with Crippen molar-refractivity contribution in [3.63, 3.8) is 0 Å². The number of rotatable bonds is 6. The third-order valence-electron chi connectivity index (χ3n) is 3.04. The Labute approximate surface area is 146 Å². The highest BCUT2D eigenvalue weighted by molar-refractivity contribution is 6.35. The van der Waals surface area contributed by atoms with Crippen LogP contribution in [0.1, 0.15) is 34.1 Å². The SMILES string of the molecule is C[C@H](Oc1ccc(Cl)cc1Cl)C(=O)NC(CC(C)(C)C)C(N)=O. The minimum Gasteiger partial charge on any atom is -0.479 e. The average Bonchev–Trinajstić information content (AvgIpc) is 2.39. The number of amides is 2. The standard InChI is InChI=1S/C16H22Cl2N2O3/c1-9(23-13-6-5-10(17)7-11(13)18)15(22)20-12(14(19)21)8-16(2,3)4/h5-7,9,12H,8H2,1-4H3,(H2,19,21)(H,20,22)/t9-,12?/m0/s1. The molecule has 0 saturated heterocycles. The van der Waals surface area contributed by atoms with Gasteiger partial charge >= 0.3 is 0 Å². The molecule has 23 heavy (non-hydrogen) atoms. The second kappa shape index (κ2) is 7.88. The summed E-state index contributed by atoms with van der Waals surface area (Å²) in [4.78, 5) is 23.7. The average molecular weight is 361 g/mol. The van der Waals surface area contributed by atoms with E-state index in [0.717, 1.165) is 0 Å². The first-order valence-corrected chi connectivity index (χ1v) is 7.96. The van der Waals surface area contributed by atoms with Gasteiger partial charge in [0.15, 0.2) is 6.10 Å². The lowest BCUT2D eigenvalue weighted by Gasteiger charge is -2.26. The second-order valence-electron chi connectivity index (χ2n) is 6.56. The minimum atomic E-state index is -0.838. The Morgan fingerprint density at radius 1 is 1.30 bits per heavy atom. The molecule has 0 aliphatic carbocycles. The van der Waals surface area contributed by atoms with Gasteiger partial charge in [0.25, 0.3) is 5.91 Å². The van der Waals surface area contributed by atoms with E-state index in [0.29, 0.717) is 22.2 Å². The van der Waals surface area contributed by atoms with Gasteiger partial charge in [-0.1, -0.05) is 44.0 Å². The first-order valence-electron chi connectivity index (χ1n) is 7.21. The number of halogens is 2. The molecule has 2 atom stereocenters. The van der Waals surface area contributed by atoms with Crippen LogP contribution in [0.2, 0.25) is 10.0 Å². The number of hydrogen-bond donors (Lipinski definition) is 2. The number of hydrogen-bond acceptors (Lipinski definition) is 3. The monoisotopic (exact) mass is 360 g/mol. The maximum Gasteiger partial charge on any atom is 0.261 e. The van der Waals surface area contributed by atoms with Crippen molar-refractivity contribution in [2.45, 2.75) is 46.3 Å². The maximum atomic E-state index is 12.2. The Morgan fingerprint density at radius 2 is 1.91 bits per heavy atom. The Bertz CT molecular complexity index is 585. The largest absolute Gasteiger partial charge is 0.479 e. The van der Waals surface area contributed by atoms with Gasteiger partial charge in [-0.15, -0.1) is 0 Å². The van der Waals surface area contributed by atoms with Gasteiger partial charge in [-0.05, 0) is 37.0 Å². The highest BCUT2D eigenvalue weighted by Crippen LogP contribution is 2.28. The molecule has 0 saturated carbocycles. The van der Waals surface area contributed by atoms with Gasteiger partial charge in [0.05, 0.1) is 5.02 Å². The predicted molar refractivity (Wildman–Crippen MR) is 91.7 cm³/mol. The van der Waals surface area contributed by atoms with Crippen LogP contribution in [0.4, 0.5) is 0 Å². The lowest BCUT2D eigenvalue weighted by molar-refractivity contribution is -0.132. The van der Waals surface area contributed by atoms with E-state index in [1.54, 1.807) is 19.1 Å². The Kier molecular flexibility index (Phi) is 6.71. The van der Waals surface area contributed by atoms with E-state index >= 15 is 0 Å². The van der Waals surface area contributed by atoms with Crippen molar-refractivity contribution in [1.82, 2.24) is 5.32 Å². The zero-order valence-corrected chi connectivity index (χ0v) is 15.2. The van der Waals surface area contributed by atoms with Crippen LogP contribution in [0.15, 0.2) is 18.2 Å². The molecule has 0 aliphatic heterocycles. The Morgan fingerprint density at radius 3 is 2.39 bits per heavy atom. The molecule has 0 aromatic heterocycles. The molecule has 3 N–H and O–H groups in total. The first-order chi connectivity index (χ1) is 10.5. The molecule has 5 nitrogen and oxygen atoms in total. The number of nitrogens with one attached hydrogen (secondary N) is 1. The molecule has 7 heteroatoms. The summed E-state index contributed by atoms with van der Waals surface area (Å²) >= 11 is 11.8. The molecule has 0 fully saturated rings. The van der Waals surface area contributed by atoms with E-state index in [1.807, 2.05) is 20.8 Å². The number of carbonyl (C=O) groups is 2. The molecule has 0 spiro atoms. The van der Waals surface area contributed by atoms with Crippen molar-refractivity contribution in [3.05, 3.63) is 28.2 Å². The van der Waals surface area contributed by atoms with E-state index in [4.69, 9.17) is 33.7 Å². The van der Waals surface area contributed by atoms with Crippen LogP contribution in [0, 0.1) is 5.41 Å². The summed E-state index contributed by atoms with van der Waals surface area (Å²) in [5.41, 5.74) is 5.20. The van der Waals surface area contributed by atoms with Crippen LogP contribution in [0.3, 0.4) is 0 Å². The molecule has 128 valence electrons. The summed E-state index contributed by atoms with van der Waals surface area (Å²) < 4.78 is 5.52. The zero-order valence-electron chi connectivity index (χ0n) is 13.7. The summed E-state index contributed by atoms with van der Waals surface area (Å²) in [6.45, 7) is 7.45. The smallest absolute Gasteiger partial charge is 0.261 e. The summed E-state index contributed by atoms with van der Waals surface area (Å²) in [5.74, 6) is -0.681. The van der Waals surface area contributed by atoms with Crippen LogP contribution in [0.25, 0.3) is 0 Å². The molecule has 1 rings (SSSR count). The minimum absolute atomic E-state index is 0.156.